The summed E-state index contributed by atoms with van der Waals surface area (Å²) in [6.45, 7) is 5.43. The minimum Gasteiger partial charge on any atom is -0.506 e. The maximum Gasteiger partial charge on any atom is 0.333 e. The van der Waals surface area contributed by atoms with Crippen LogP contribution in [0.25, 0.3) is 0 Å². The largest absolute Gasteiger partial charge is 0.506 e. The maximum absolute atomic E-state index is 12.9. The lowest BCUT2D eigenvalue weighted by Crippen LogP contribution is -2.43. The molecule has 2 aromatic carbocycles. The number of phenols is 1. The Bertz CT molecular complexity index is 1390. The van der Waals surface area contributed by atoms with Gasteiger partial charge in [0.2, 0.25) is 10.0 Å². The zero-order valence-corrected chi connectivity index (χ0v) is 26.0. The van der Waals surface area contributed by atoms with Gasteiger partial charge in [0.05, 0.1) is 29.5 Å². The van der Waals surface area contributed by atoms with Crippen LogP contribution in [-0.2, 0) is 29.7 Å². The average Bonchev–Trinajstić information content (AvgIpc) is 2.94. The fourth-order valence-corrected chi connectivity index (χ4v) is 6.61. The Morgan fingerprint density at radius 3 is 2.33 bits per heavy atom. The number of rotatable bonds is 15. The van der Waals surface area contributed by atoms with Crippen molar-refractivity contribution in [2.75, 3.05) is 45.7 Å². The minimum atomic E-state index is -3.84. The number of unbranched alkanes of at least 4 members (excludes halogenated alkanes) is 1. The van der Waals surface area contributed by atoms with Crippen molar-refractivity contribution >= 4 is 43.1 Å². The highest BCUT2D eigenvalue weighted by Gasteiger charge is 2.27. The lowest BCUT2D eigenvalue weighted by molar-refractivity contribution is -0.143. The Balaban J connectivity index is 1.57. The molecule has 14 heteroatoms. The van der Waals surface area contributed by atoms with Crippen LogP contribution in [0.3, 0.4) is 0 Å². The molecule has 42 heavy (non-hydrogen) atoms. The van der Waals surface area contributed by atoms with Crippen molar-refractivity contribution in [2.45, 2.75) is 64.5 Å². The van der Waals surface area contributed by atoms with Crippen LogP contribution in [0.15, 0.2) is 42.5 Å². The Morgan fingerprint density at radius 1 is 1.07 bits per heavy atom. The van der Waals surface area contributed by atoms with Gasteiger partial charge in [0, 0.05) is 37.8 Å². The Hall–Kier alpha value is -3.07. The molecule has 1 fully saturated rings. The molecule has 3 rings (SSSR count). The van der Waals surface area contributed by atoms with E-state index in [1.54, 1.807) is 18.2 Å². The molecule has 12 nitrogen and oxygen atoms in total. The van der Waals surface area contributed by atoms with Crippen LogP contribution in [0.2, 0.25) is 0 Å². The number of hydrogen-bond acceptors (Lipinski definition) is 10. The molecule has 2 aromatic rings. The summed E-state index contributed by atoms with van der Waals surface area (Å²) in [5.74, 6) is -0.948. The van der Waals surface area contributed by atoms with Crippen molar-refractivity contribution in [2.24, 2.45) is 0 Å². The molecule has 1 heterocycles. The summed E-state index contributed by atoms with van der Waals surface area (Å²) >= 11 is 0. The second-order valence-corrected chi connectivity index (χ2v) is 14.1. The van der Waals surface area contributed by atoms with Crippen molar-refractivity contribution in [1.82, 2.24) is 5.32 Å². The number of aliphatic hydroxyl groups excluding tert-OH is 1. The van der Waals surface area contributed by atoms with Gasteiger partial charge in [-0.3, -0.25) is 4.72 Å². The first-order valence-electron chi connectivity index (χ1n) is 14.1. The number of piperidine rings is 1. The number of nitrogens with zero attached hydrogens (tertiary/aromatic N) is 2. The second kappa shape index (κ2) is 14.9. The topological polar surface area (TPSA) is 166 Å². The van der Waals surface area contributed by atoms with Crippen molar-refractivity contribution < 1.29 is 36.7 Å². The lowest BCUT2D eigenvalue weighted by atomic mass is 10.0. The second-order valence-electron chi connectivity index (χ2n) is 10.5. The number of anilines is 3. The quantitative estimate of drug-likeness (QED) is 0.170. The third kappa shape index (κ3) is 9.75. The molecule has 0 saturated carbocycles. The van der Waals surface area contributed by atoms with E-state index < -0.39 is 32.1 Å². The SMILES string of the molecule is CCCCS(=O)(=O)N(OC(=O)CCC)c1ccc(N2CCC(NC[C@H](O)c3ccc(O)c(NS(C)(=O)=O)c3)CC2)cc1. The number of sulfonamides is 2. The minimum absolute atomic E-state index is 0.00850. The van der Waals surface area contributed by atoms with Gasteiger partial charge in [-0.1, -0.05) is 30.8 Å². The van der Waals surface area contributed by atoms with Crippen LogP contribution in [-0.4, -0.2) is 70.7 Å². The van der Waals surface area contributed by atoms with Gasteiger partial charge in [-0.15, -0.1) is 0 Å². The smallest absolute Gasteiger partial charge is 0.333 e. The molecule has 0 aromatic heterocycles. The zero-order chi connectivity index (χ0) is 30.9. The van der Waals surface area contributed by atoms with E-state index in [0.29, 0.717) is 24.8 Å². The third-order valence-corrected chi connectivity index (χ3v) is 9.05. The van der Waals surface area contributed by atoms with Crippen molar-refractivity contribution in [3.8, 4) is 5.75 Å². The summed E-state index contributed by atoms with van der Waals surface area (Å²) in [7, 11) is -7.42. The van der Waals surface area contributed by atoms with E-state index in [1.807, 2.05) is 26.0 Å². The molecular weight excluding hydrogens is 584 g/mol. The first-order chi connectivity index (χ1) is 19.8. The molecule has 0 amide bonds. The number of phenolic OH excluding ortho intramolecular Hbond substituents is 1. The molecule has 1 aliphatic heterocycles. The average molecular weight is 627 g/mol. The Kier molecular flexibility index (Phi) is 11.9. The number of carbonyl (C=O) groups excluding carboxylic acids is 1. The van der Waals surface area contributed by atoms with Gasteiger partial charge in [0.25, 0.3) is 10.0 Å². The highest BCUT2D eigenvalue weighted by atomic mass is 32.2. The summed E-state index contributed by atoms with van der Waals surface area (Å²) in [5.41, 5.74) is 1.66. The third-order valence-electron chi connectivity index (χ3n) is 6.87. The predicted octanol–water partition coefficient (Wildman–Crippen LogP) is 3.25. The lowest BCUT2D eigenvalue weighted by Gasteiger charge is -2.34. The van der Waals surface area contributed by atoms with E-state index in [-0.39, 0.29) is 41.9 Å². The normalized spacial score (nSPS) is 15.3. The summed E-state index contributed by atoms with van der Waals surface area (Å²) in [5, 5.41) is 23.9. The predicted molar refractivity (Wildman–Crippen MR) is 163 cm³/mol. The van der Waals surface area contributed by atoms with E-state index >= 15 is 0 Å². The summed E-state index contributed by atoms with van der Waals surface area (Å²) in [6.07, 6.45) is 3.50. The van der Waals surface area contributed by atoms with Crippen LogP contribution in [0, 0.1) is 0 Å². The Morgan fingerprint density at radius 2 is 1.74 bits per heavy atom. The standard InChI is InChI=1S/C28H42N4O8S2/c1-4-6-18-42(38,39)32(40-28(35)7-5-2)24-11-9-23(10-12-24)31-16-14-22(15-17-31)29-20-27(34)21-8-13-26(33)25(19-21)30-41(3,36)37/h8-13,19,22,27,29-30,33-34H,4-7,14-18,20H2,1-3H3/t27-/m0/s1. The molecule has 234 valence electrons. The fourth-order valence-electron chi connectivity index (χ4n) is 4.59. The number of hydrogen-bond donors (Lipinski definition) is 4. The first-order valence-corrected chi connectivity index (χ1v) is 17.6. The Labute approximate surface area is 248 Å². The van der Waals surface area contributed by atoms with Gasteiger partial charge < -0.3 is 25.3 Å². The number of nitrogens with one attached hydrogen (secondary N) is 2. The summed E-state index contributed by atoms with van der Waals surface area (Å²) in [6, 6.07) is 11.4. The molecule has 0 radical (unpaired) electrons. The van der Waals surface area contributed by atoms with Crippen molar-refractivity contribution in [3.05, 3.63) is 48.0 Å². The number of aliphatic hydroxyl groups is 1. The molecule has 0 spiro atoms. The van der Waals surface area contributed by atoms with Crippen molar-refractivity contribution in [3.63, 3.8) is 0 Å². The van der Waals surface area contributed by atoms with Gasteiger partial charge in [0.15, 0.2) is 0 Å². The van der Waals surface area contributed by atoms with Crippen LogP contribution >= 0.6 is 0 Å². The molecule has 0 unspecified atom stereocenters. The molecular formula is C28H42N4O8S2. The molecule has 1 aliphatic rings. The first kappa shape index (κ1) is 33.4. The van der Waals surface area contributed by atoms with Crippen LogP contribution in [0.1, 0.15) is 64.0 Å². The maximum atomic E-state index is 12.9. The van der Waals surface area contributed by atoms with E-state index in [2.05, 4.69) is 14.9 Å². The van der Waals surface area contributed by atoms with Crippen LogP contribution in [0.4, 0.5) is 17.1 Å². The number of aromatic hydroxyl groups is 1. The molecule has 0 bridgehead atoms. The summed E-state index contributed by atoms with van der Waals surface area (Å²) < 4.78 is 51.9. The van der Waals surface area contributed by atoms with Gasteiger partial charge >= 0.3 is 5.97 Å². The van der Waals surface area contributed by atoms with Crippen LogP contribution in [0.5, 0.6) is 5.75 Å². The van der Waals surface area contributed by atoms with Gasteiger partial charge in [-0.25, -0.2) is 21.6 Å². The van der Waals surface area contributed by atoms with E-state index in [1.165, 1.54) is 12.1 Å². The zero-order valence-electron chi connectivity index (χ0n) is 24.3. The van der Waals surface area contributed by atoms with E-state index in [0.717, 1.165) is 42.3 Å². The fraction of sp³-hybridized carbons (Fsp3) is 0.536. The van der Waals surface area contributed by atoms with Gasteiger partial charge in [-0.2, -0.15) is 0 Å². The molecule has 1 saturated heterocycles. The van der Waals surface area contributed by atoms with Gasteiger partial charge in [-0.05, 0) is 67.6 Å². The molecule has 0 aliphatic carbocycles. The van der Waals surface area contributed by atoms with Crippen LogP contribution < -0.4 is 19.4 Å². The van der Waals surface area contributed by atoms with E-state index in [9.17, 15) is 31.8 Å². The number of carbonyl (C=O) groups is 1. The van der Waals surface area contributed by atoms with E-state index in [4.69, 9.17) is 4.84 Å². The molecule has 1 atom stereocenters. The monoisotopic (exact) mass is 626 g/mol. The highest BCUT2D eigenvalue weighted by Crippen LogP contribution is 2.29. The van der Waals surface area contributed by atoms with Crippen molar-refractivity contribution in [1.29, 1.82) is 0 Å². The molecule has 4 N–H and O–H groups in total. The van der Waals surface area contributed by atoms with Gasteiger partial charge in [0.1, 0.15) is 5.75 Å². The highest BCUT2D eigenvalue weighted by molar-refractivity contribution is 7.92. The summed E-state index contributed by atoms with van der Waals surface area (Å²) in [4.78, 5) is 19.6. The number of benzene rings is 2.